The van der Waals surface area contributed by atoms with E-state index in [2.05, 4.69) is 46.2 Å². The summed E-state index contributed by atoms with van der Waals surface area (Å²) in [5, 5.41) is 12.6. The number of hydrogen-bond donors (Lipinski definition) is 1. The molecule has 5 aliphatic rings. The largest absolute Gasteiger partial charge is 0.478 e. The van der Waals surface area contributed by atoms with Crippen LogP contribution in [0.5, 0.6) is 0 Å². The van der Waals surface area contributed by atoms with Crippen molar-refractivity contribution in [2.75, 3.05) is 62.4 Å². The van der Waals surface area contributed by atoms with Crippen molar-refractivity contribution in [1.82, 2.24) is 0 Å². The van der Waals surface area contributed by atoms with Crippen LogP contribution in [0, 0.1) is 0 Å². The zero-order valence-electron chi connectivity index (χ0n) is 24.3. The van der Waals surface area contributed by atoms with E-state index in [9.17, 15) is 14.7 Å². The summed E-state index contributed by atoms with van der Waals surface area (Å²) in [6.07, 6.45) is 3.60. The van der Waals surface area contributed by atoms with Crippen LogP contribution in [0.15, 0.2) is 54.6 Å². The minimum Gasteiger partial charge on any atom is -0.478 e. The third-order valence-electron chi connectivity index (χ3n) is 10.4. The number of carboxylic acids is 1. The number of carboxylic acid groups (broad SMARTS) is 1. The van der Waals surface area contributed by atoms with Crippen molar-refractivity contribution < 1.29 is 28.9 Å². The number of aromatic carboxylic acids is 1. The smallest absolute Gasteiger partial charge is 0.340 e. The Labute approximate surface area is 252 Å². The molecule has 0 aromatic heterocycles. The van der Waals surface area contributed by atoms with E-state index in [0.717, 1.165) is 49.4 Å². The first kappa shape index (κ1) is 26.9. The number of ether oxygens (including phenoxy) is 3. The van der Waals surface area contributed by atoms with Gasteiger partial charge < -0.3 is 29.1 Å². The first-order valence-electron chi connectivity index (χ1n) is 15.6. The highest BCUT2D eigenvalue weighted by molar-refractivity contribution is 7.03. The number of anilines is 2. The van der Waals surface area contributed by atoms with Gasteiger partial charge in [-0.15, -0.1) is 0 Å². The fraction of sp³-hybridized carbons (Fsp3) is 0.412. The van der Waals surface area contributed by atoms with Crippen LogP contribution < -0.4 is 20.2 Å². The summed E-state index contributed by atoms with van der Waals surface area (Å²) >= 11 is 0. The van der Waals surface area contributed by atoms with Gasteiger partial charge in [-0.1, -0.05) is 31.4 Å². The van der Waals surface area contributed by atoms with Gasteiger partial charge in [0.1, 0.15) is 8.07 Å². The third-order valence-corrected chi connectivity index (χ3v) is 15.7. The second-order valence-corrected chi connectivity index (χ2v) is 16.7. The molecule has 8 rings (SSSR count). The van der Waals surface area contributed by atoms with Crippen LogP contribution in [-0.2, 0) is 19.8 Å². The molecule has 222 valence electrons. The van der Waals surface area contributed by atoms with Crippen LogP contribution in [0.1, 0.15) is 56.7 Å². The average molecular weight is 597 g/mol. The maximum Gasteiger partial charge on any atom is 0.340 e. The van der Waals surface area contributed by atoms with Crippen molar-refractivity contribution in [2.45, 2.75) is 37.0 Å². The molecule has 0 bridgehead atoms. The molecule has 3 aromatic rings. The molecule has 8 nitrogen and oxygen atoms in total. The monoisotopic (exact) mass is 596 g/mol. The Hall–Kier alpha value is -3.66. The summed E-state index contributed by atoms with van der Waals surface area (Å²) < 4.78 is 17.9. The molecule has 0 amide bonds. The Balaban J connectivity index is 1.42. The molecule has 0 saturated carbocycles. The molecule has 3 fully saturated rings. The molecular weight excluding hydrogens is 560 g/mol. The van der Waals surface area contributed by atoms with Crippen LogP contribution >= 0.6 is 0 Å². The minimum atomic E-state index is -2.30. The summed E-state index contributed by atoms with van der Waals surface area (Å²) in [7, 11) is -2.30. The Morgan fingerprint density at radius 2 is 1.28 bits per heavy atom. The molecule has 9 heteroatoms. The van der Waals surface area contributed by atoms with Crippen molar-refractivity contribution in [3.8, 4) is 0 Å². The number of rotatable bonds is 3. The average Bonchev–Trinajstić information content (AvgIpc) is 3.36. The van der Waals surface area contributed by atoms with Crippen LogP contribution in [0.2, 0.25) is 12.1 Å². The van der Waals surface area contributed by atoms with Gasteiger partial charge in [-0.05, 0) is 64.9 Å². The van der Waals surface area contributed by atoms with E-state index in [-0.39, 0.29) is 5.56 Å². The standard InChI is InChI=1S/C34H36N2O6Si/c37-32(38)23-4-7-26-29(20-23)34(42-33(26)39)27-8-5-24(35-10-14-40-15-11-35)21-30(27)43(18-2-1-3-19-43)31-22-25(6-9-28(31)34)36-12-16-41-17-13-36/h4-9,20-22H,1-3,10-19H2,(H,37,38). The van der Waals surface area contributed by atoms with Crippen LogP contribution in [0.25, 0.3) is 0 Å². The summed E-state index contributed by atoms with van der Waals surface area (Å²) in [5.74, 6) is -1.42. The predicted molar refractivity (Wildman–Crippen MR) is 166 cm³/mol. The number of morpholine rings is 2. The number of nitrogens with zero attached hydrogens (tertiary/aromatic N) is 2. The molecule has 3 aromatic carbocycles. The topological polar surface area (TPSA) is 88.5 Å². The van der Waals surface area contributed by atoms with Gasteiger partial charge >= 0.3 is 11.9 Å². The zero-order chi connectivity index (χ0) is 29.2. The number of benzene rings is 3. The lowest BCUT2D eigenvalue weighted by Crippen LogP contribution is -2.67. The molecule has 5 heterocycles. The fourth-order valence-electron chi connectivity index (χ4n) is 8.29. The molecule has 0 aliphatic carbocycles. The number of carbonyl (C=O) groups excluding carboxylic acids is 1. The van der Waals surface area contributed by atoms with Crippen LogP contribution in [0.3, 0.4) is 0 Å². The summed E-state index contributed by atoms with van der Waals surface area (Å²) in [5.41, 5.74) is 4.45. The van der Waals surface area contributed by atoms with E-state index in [1.165, 1.54) is 47.1 Å². The van der Waals surface area contributed by atoms with Crippen molar-refractivity contribution in [1.29, 1.82) is 0 Å². The first-order valence-corrected chi connectivity index (χ1v) is 18.0. The van der Waals surface area contributed by atoms with Gasteiger partial charge in [0, 0.05) is 54.2 Å². The van der Waals surface area contributed by atoms with E-state index in [1.54, 1.807) is 12.1 Å². The summed E-state index contributed by atoms with van der Waals surface area (Å²) in [6, 6.07) is 20.6. The van der Waals surface area contributed by atoms with E-state index in [0.29, 0.717) is 37.6 Å². The second-order valence-electron chi connectivity index (χ2n) is 12.4. The molecule has 3 saturated heterocycles. The molecule has 0 radical (unpaired) electrons. The Morgan fingerprint density at radius 3 is 1.81 bits per heavy atom. The van der Waals surface area contributed by atoms with E-state index in [1.807, 2.05) is 0 Å². The Bertz CT molecular complexity index is 1550. The number of esters is 1. The molecule has 43 heavy (non-hydrogen) atoms. The van der Waals surface area contributed by atoms with Crippen molar-refractivity contribution in [3.05, 3.63) is 82.4 Å². The van der Waals surface area contributed by atoms with Gasteiger partial charge in [-0.2, -0.15) is 0 Å². The first-order chi connectivity index (χ1) is 21.0. The van der Waals surface area contributed by atoms with Gasteiger partial charge in [-0.3, -0.25) is 0 Å². The van der Waals surface area contributed by atoms with Gasteiger partial charge in [0.25, 0.3) is 0 Å². The second kappa shape index (κ2) is 10.2. The fourth-order valence-corrected chi connectivity index (χ4v) is 14.0. The lowest BCUT2D eigenvalue weighted by atomic mass is 9.78. The van der Waals surface area contributed by atoms with E-state index in [4.69, 9.17) is 14.2 Å². The summed E-state index contributed by atoms with van der Waals surface area (Å²) in [6.45, 7) is 6.20. The Morgan fingerprint density at radius 1 is 0.721 bits per heavy atom. The SMILES string of the molecule is O=C(O)c1ccc2c(c1)C1(OC2=O)c2ccc(N3CCOCC3)cc2[Si]2(CCCCC2)c2cc(N3CCOCC3)ccc21. The molecule has 0 atom stereocenters. The molecule has 5 aliphatic heterocycles. The van der Waals surface area contributed by atoms with Crippen molar-refractivity contribution in [3.63, 3.8) is 0 Å². The number of hydrogen-bond acceptors (Lipinski definition) is 7. The van der Waals surface area contributed by atoms with Crippen molar-refractivity contribution >= 4 is 41.8 Å². The number of fused-ring (bicyclic) bond motifs is 8. The molecule has 1 N–H and O–H groups in total. The molecular formula is C34H36N2O6Si. The van der Waals surface area contributed by atoms with Gasteiger partial charge in [0.05, 0.1) is 37.6 Å². The van der Waals surface area contributed by atoms with E-state index < -0.39 is 25.6 Å². The third kappa shape index (κ3) is 4.01. The van der Waals surface area contributed by atoms with Gasteiger partial charge in [0.2, 0.25) is 0 Å². The molecule has 0 unspecified atom stereocenters. The maximum atomic E-state index is 13.6. The highest BCUT2D eigenvalue weighted by Gasteiger charge is 2.58. The lowest BCUT2D eigenvalue weighted by molar-refractivity contribution is 0.0255. The zero-order valence-corrected chi connectivity index (χ0v) is 25.3. The quantitative estimate of drug-likeness (QED) is 0.363. The van der Waals surface area contributed by atoms with Crippen molar-refractivity contribution in [2.24, 2.45) is 0 Å². The minimum absolute atomic E-state index is 0.157. The summed E-state index contributed by atoms with van der Waals surface area (Å²) in [4.78, 5) is 30.6. The predicted octanol–water partition coefficient (Wildman–Crippen LogP) is 3.58. The lowest BCUT2D eigenvalue weighted by Gasteiger charge is -2.49. The molecule has 2 spiro atoms. The van der Waals surface area contributed by atoms with E-state index >= 15 is 0 Å². The maximum absolute atomic E-state index is 13.6. The van der Waals surface area contributed by atoms with Crippen LogP contribution in [0.4, 0.5) is 11.4 Å². The Kier molecular flexibility index (Phi) is 6.40. The highest BCUT2D eigenvalue weighted by atomic mass is 28.3. The van der Waals surface area contributed by atoms with Gasteiger partial charge in [-0.25, -0.2) is 9.59 Å². The normalized spacial score (nSPS) is 21.7. The number of carbonyl (C=O) groups is 2. The highest BCUT2D eigenvalue weighted by Crippen LogP contribution is 2.51. The van der Waals surface area contributed by atoms with Crippen LogP contribution in [-0.4, -0.2) is 77.7 Å². The van der Waals surface area contributed by atoms with Gasteiger partial charge in [0.15, 0.2) is 5.60 Å².